The number of nitrogens with zero attached hydrogens (tertiary/aromatic N) is 2. The fourth-order valence-electron chi connectivity index (χ4n) is 4.65. The van der Waals surface area contributed by atoms with Crippen LogP contribution in [0.3, 0.4) is 0 Å². The van der Waals surface area contributed by atoms with E-state index in [1.54, 1.807) is 6.07 Å². The third kappa shape index (κ3) is 6.30. The Morgan fingerprint density at radius 1 is 0.971 bits per heavy atom. The number of halogens is 1. The van der Waals surface area contributed by atoms with E-state index in [0.717, 1.165) is 55.9 Å². The van der Waals surface area contributed by atoms with Crippen molar-refractivity contribution in [2.75, 3.05) is 19.6 Å². The Balaban J connectivity index is 1.10. The van der Waals surface area contributed by atoms with Crippen LogP contribution in [0.2, 0.25) is 5.02 Å². The van der Waals surface area contributed by atoms with Crippen molar-refractivity contribution in [2.45, 2.75) is 32.2 Å². The predicted octanol–water partition coefficient (Wildman–Crippen LogP) is 5.91. The summed E-state index contributed by atoms with van der Waals surface area (Å²) in [7, 11) is 0. The number of hydrogen-bond acceptors (Lipinski definition) is 4. The molecule has 0 radical (unpaired) electrons. The normalized spacial score (nSPS) is 14.9. The van der Waals surface area contributed by atoms with Crippen LogP contribution in [0, 0.1) is 5.92 Å². The highest BCUT2D eigenvalue weighted by Crippen LogP contribution is 2.21. The topological polar surface area (TPSA) is 58.4 Å². The highest BCUT2D eigenvalue weighted by Gasteiger charge is 2.20. The molecule has 3 aromatic carbocycles. The second-order valence-electron chi connectivity index (χ2n) is 9.33. The number of rotatable bonds is 8. The zero-order chi connectivity index (χ0) is 24.0. The van der Waals surface area contributed by atoms with Gasteiger partial charge in [0.25, 0.3) is 5.91 Å². The monoisotopic (exact) mass is 487 g/mol. The number of aryl methyl sites for hydroxylation is 2. The molecule has 1 fully saturated rings. The molecule has 0 bridgehead atoms. The summed E-state index contributed by atoms with van der Waals surface area (Å²) < 4.78 is 5.94. The molecular weight excluding hydrogens is 458 g/mol. The Bertz CT molecular complexity index is 1260. The SMILES string of the molecule is O=C(NCC1CCN(Cc2ccc(Cl)cc2)CC1)c1ccc2nc(CCc3ccccc3)oc2c1. The quantitative estimate of drug-likeness (QED) is 0.335. The molecule has 0 atom stereocenters. The van der Waals surface area contributed by atoms with Gasteiger partial charge in [0.1, 0.15) is 5.52 Å². The van der Waals surface area contributed by atoms with Gasteiger partial charge >= 0.3 is 0 Å². The Labute approximate surface area is 211 Å². The van der Waals surface area contributed by atoms with E-state index >= 15 is 0 Å². The molecule has 6 heteroatoms. The lowest BCUT2D eigenvalue weighted by molar-refractivity contribution is 0.0935. The average molecular weight is 488 g/mol. The summed E-state index contributed by atoms with van der Waals surface area (Å²) in [5, 5.41) is 3.90. The lowest BCUT2D eigenvalue weighted by Gasteiger charge is -2.32. The molecule has 5 nitrogen and oxygen atoms in total. The summed E-state index contributed by atoms with van der Waals surface area (Å²) >= 11 is 5.99. The first-order valence-corrected chi connectivity index (χ1v) is 12.7. The molecule has 1 aliphatic heterocycles. The molecule has 35 heavy (non-hydrogen) atoms. The van der Waals surface area contributed by atoms with Gasteiger partial charge < -0.3 is 9.73 Å². The molecule has 1 aliphatic rings. The van der Waals surface area contributed by atoms with Crippen LogP contribution in [0.25, 0.3) is 11.1 Å². The van der Waals surface area contributed by atoms with Gasteiger partial charge in [-0.05, 0) is 79.7 Å². The van der Waals surface area contributed by atoms with Gasteiger partial charge in [0.2, 0.25) is 0 Å². The second-order valence-corrected chi connectivity index (χ2v) is 9.77. The average Bonchev–Trinajstić information content (AvgIpc) is 3.31. The number of carbonyl (C=O) groups is 1. The van der Waals surface area contributed by atoms with Crippen molar-refractivity contribution in [1.82, 2.24) is 15.2 Å². The number of nitrogens with one attached hydrogen (secondary N) is 1. The number of aromatic nitrogens is 1. The minimum atomic E-state index is -0.0577. The Kier molecular flexibility index (Phi) is 7.45. The largest absolute Gasteiger partial charge is 0.441 e. The van der Waals surface area contributed by atoms with E-state index in [1.165, 1.54) is 11.1 Å². The van der Waals surface area contributed by atoms with Crippen LogP contribution in [0.1, 0.15) is 40.2 Å². The van der Waals surface area contributed by atoms with Crippen LogP contribution in [0.15, 0.2) is 77.2 Å². The molecule has 0 aliphatic carbocycles. The minimum Gasteiger partial charge on any atom is -0.441 e. The zero-order valence-corrected chi connectivity index (χ0v) is 20.5. The van der Waals surface area contributed by atoms with Gasteiger partial charge in [-0.15, -0.1) is 0 Å². The Morgan fingerprint density at radius 3 is 2.51 bits per heavy atom. The first kappa shape index (κ1) is 23.6. The van der Waals surface area contributed by atoms with Crippen LogP contribution in [-0.4, -0.2) is 35.4 Å². The molecule has 5 rings (SSSR count). The van der Waals surface area contributed by atoms with Crippen molar-refractivity contribution < 1.29 is 9.21 Å². The van der Waals surface area contributed by atoms with E-state index in [0.29, 0.717) is 29.5 Å². The maximum Gasteiger partial charge on any atom is 0.251 e. The van der Waals surface area contributed by atoms with Gasteiger partial charge in [-0.2, -0.15) is 0 Å². The predicted molar refractivity (Wildman–Crippen MR) is 140 cm³/mol. The van der Waals surface area contributed by atoms with Crippen molar-refractivity contribution in [3.8, 4) is 0 Å². The maximum absolute atomic E-state index is 12.8. The number of benzene rings is 3. The number of amides is 1. The van der Waals surface area contributed by atoms with Crippen LogP contribution in [0.5, 0.6) is 0 Å². The highest BCUT2D eigenvalue weighted by atomic mass is 35.5. The van der Waals surface area contributed by atoms with Gasteiger partial charge in [-0.3, -0.25) is 9.69 Å². The van der Waals surface area contributed by atoms with E-state index in [1.807, 2.05) is 42.5 Å². The van der Waals surface area contributed by atoms with E-state index in [2.05, 4.69) is 39.5 Å². The zero-order valence-electron chi connectivity index (χ0n) is 19.8. The van der Waals surface area contributed by atoms with Crippen LogP contribution >= 0.6 is 11.6 Å². The van der Waals surface area contributed by atoms with Gasteiger partial charge in [0, 0.05) is 30.1 Å². The van der Waals surface area contributed by atoms with Crippen molar-refractivity contribution in [1.29, 1.82) is 0 Å². The molecule has 1 N–H and O–H groups in total. The number of fused-ring (bicyclic) bond motifs is 1. The lowest BCUT2D eigenvalue weighted by Crippen LogP contribution is -2.38. The van der Waals surface area contributed by atoms with Gasteiger partial charge in [0.05, 0.1) is 0 Å². The van der Waals surface area contributed by atoms with Crippen LogP contribution in [-0.2, 0) is 19.4 Å². The summed E-state index contributed by atoms with van der Waals surface area (Å²) in [4.78, 5) is 19.8. The highest BCUT2D eigenvalue weighted by molar-refractivity contribution is 6.30. The summed E-state index contributed by atoms with van der Waals surface area (Å²) in [6.45, 7) is 3.73. The van der Waals surface area contributed by atoms with E-state index < -0.39 is 0 Å². The van der Waals surface area contributed by atoms with Gasteiger partial charge in [0.15, 0.2) is 11.5 Å². The van der Waals surface area contributed by atoms with E-state index in [-0.39, 0.29) is 5.91 Å². The third-order valence-corrected chi connectivity index (χ3v) is 7.00. The second kappa shape index (κ2) is 11.1. The molecular formula is C29H30ClN3O2. The molecule has 4 aromatic rings. The fourth-order valence-corrected chi connectivity index (χ4v) is 4.78. The summed E-state index contributed by atoms with van der Waals surface area (Å²) in [6, 6.07) is 23.9. The smallest absolute Gasteiger partial charge is 0.251 e. The van der Waals surface area contributed by atoms with Crippen molar-refractivity contribution in [3.05, 3.63) is 100 Å². The number of hydrogen-bond donors (Lipinski definition) is 1. The van der Waals surface area contributed by atoms with Crippen molar-refractivity contribution >= 4 is 28.6 Å². The minimum absolute atomic E-state index is 0.0577. The Hall–Kier alpha value is -3.15. The molecule has 0 spiro atoms. The number of piperidine rings is 1. The fraction of sp³-hybridized carbons (Fsp3) is 0.310. The van der Waals surface area contributed by atoms with Crippen molar-refractivity contribution in [3.63, 3.8) is 0 Å². The van der Waals surface area contributed by atoms with Crippen molar-refractivity contribution in [2.24, 2.45) is 5.92 Å². The number of oxazole rings is 1. The summed E-state index contributed by atoms with van der Waals surface area (Å²) in [5.74, 6) is 1.14. The third-order valence-electron chi connectivity index (χ3n) is 6.74. The van der Waals surface area contributed by atoms with E-state index in [9.17, 15) is 4.79 Å². The summed E-state index contributed by atoms with van der Waals surface area (Å²) in [5.41, 5.74) is 4.61. The molecule has 1 saturated heterocycles. The number of likely N-dealkylation sites (tertiary alicyclic amines) is 1. The molecule has 1 aromatic heterocycles. The lowest BCUT2D eigenvalue weighted by atomic mass is 9.96. The molecule has 1 amide bonds. The maximum atomic E-state index is 12.8. The molecule has 0 unspecified atom stereocenters. The molecule has 180 valence electrons. The molecule has 2 heterocycles. The van der Waals surface area contributed by atoms with Crippen LogP contribution < -0.4 is 5.32 Å². The summed E-state index contributed by atoms with van der Waals surface area (Å²) in [6.07, 6.45) is 3.77. The van der Waals surface area contributed by atoms with Crippen LogP contribution in [0.4, 0.5) is 0 Å². The van der Waals surface area contributed by atoms with E-state index in [4.69, 9.17) is 16.0 Å². The number of carbonyl (C=O) groups excluding carboxylic acids is 1. The molecule has 0 saturated carbocycles. The van der Waals surface area contributed by atoms with Gasteiger partial charge in [-0.25, -0.2) is 4.98 Å². The first-order valence-electron chi connectivity index (χ1n) is 12.3. The standard InChI is InChI=1S/C29H30ClN3O2/c30-25-10-6-23(7-11-25)20-33-16-14-22(15-17-33)19-31-29(34)24-9-12-26-27(18-24)35-28(32-26)13-8-21-4-2-1-3-5-21/h1-7,9-12,18,22H,8,13-17,19-20H2,(H,31,34). The van der Waals surface area contributed by atoms with Gasteiger partial charge in [-0.1, -0.05) is 54.1 Å². The first-order chi connectivity index (χ1) is 17.1. The Morgan fingerprint density at radius 2 is 1.74 bits per heavy atom.